The van der Waals surface area contributed by atoms with E-state index in [0.717, 1.165) is 29.3 Å². The molecule has 0 spiro atoms. The predicted molar refractivity (Wildman–Crippen MR) is 78.1 cm³/mol. The summed E-state index contributed by atoms with van der Waals surface area (Å²) >= 11 is 1.65. The molecule has 1 atom stereocenters. The third-order valence-corrected chi connectivity index (χ3v) is 4.71. The Morgan fingerprint density at radius 2 is 2.37 bits per heavy atom. The van der Waals surface area contributed by atoms with Crippen LogP contribution in [0.25, 0.3) is 0 Å². The molecule has 106 valence electrons. The van der Waals surface area contributed by atoms with Crippen LogP contribution >= 0.6 is 11.3 Å². The Kier molecular flexibility index (Phi) is 4.26. The number of carbonyl (C=O) groups excluding carboxylic acids is 1. The van der Waals surface area contributed by atoms with Gasteiger partial charge in [0.25, 0.3) is 0 Å². The standard InChI is InChI=1S/C14H23N3OS/c1-10-16-8-11(19-10)9-17(4)13(18)12-14(2,3)6-5-7-15-12/h8,12,15H,5-7,9H2,1-4H3. The quantitative estimate of drug-likeness (QED) is 0.923. The molecule has 0 saturated carbocycles. The van der Waals surface area contributed by atoms with Crippen LogP contribution in [0, 0.1) is 12.3 Å². The van der Waals surface area contributed by atoms with Crippen LogP contribution in [0.3, 0.4) is 0 Å². The molecule has 1 aliphatic heterocycles. The van der Waals surface area contributed by atoms with Gasteiger partial charge in [-0.05, 0) is 31.7 Å². The van der Waals surface area contributed by atoms with Gasteiger partial charge in [-0.25, -0.2) is 4.98 Å². The van der Waals surface area contributed by atoms with Crippen LogP contribution in [-0.4, -0.2) is 35.4 Å². The van der Waals surface area contributed by atoms with Gasteiger partial charge < -0.3 is 10.2 Å². The Hall–Kier alpha value is -0.940. The average molecular weight is 281 g/mol. The first-order valence-corrected chi connectivity index (χ1v) is 7.61. The van der Waals surface area contributed by atoms with E-state index in [9.17, 15) is 4.79 Å². The van der Waals surface area contributed by atoms with E-state index in [4.69, 9.17) is 0 Å². The summed E-state index contributed by atoms with van der Waals surface area (Å²) in [6.45, 7) is 7.92. The molecule has 4 nitrogen and oxygen atoms in total. The van der Waals surface area contributed by atoms with Crippen LogP contribution in [0.2, 0.25) is 0 Å². The summed E-state index contributed by atoms with van der Waals surface area (Å²) in [5.41, 5.74) is 0.0349. The second kappa shape index (κ2) is 5.59. The molecule has 1 unspecified atom stereocenters. The number of hydrogen-bond acceptors (Lipinski definition) is 4. The van der Waals surface area contributed by atoms with Crippen molar-refractivity contribution in [3.05, 3.63) is 16.1 Å². The number of carbonyl (C=O) groups is 1. The lowest BCUT2D eigenvalue weighted by Gasteiger charge is -2.40. The predicted octanol–water partition coefficient (Wildman–Crippen LogP) is 2.19. The maximum atomic E-state index is 12.6. The van der Waals surface area contributed by atoms with Gasteiger partial charge in [0.15, 0.2) is 0 Å². The second-order valence-electron chi connectivity index (χ2n) is 6.02. The summed E-state index contributed by atoms with van der Waals surface area (Å²) in [5.74, 6) is 0.191. The molecule has 1 fully saturated rings. The third-order valence-electron chi connectivity index (χ3n) is 3.81. The number of aromatic nitrogens is 1. The smallest absolute Gasteiger partial charge is 0.240 e. The van der Waals surface area contributed by atoms with Crippen molar-refractivity contribution in [2.75, 3.05) is 13.6 Å². The number of likely N-dealkylation sites (N-methyl/N-ethyl adjacent to an activating group) is 1. The van der Waals surface area contributed by atoms with Gasteiger partial charge in [0.1, 0.15) is 0 Å². The molecule has 1 N–H and O–H groups in total. The van der Waals surface area contributed by atoms with E-state index in [1.165, 1.54) is 0 Å². The van der Waals surface area contributed by atoms with Crippen molar-refractivity contribution in [1.82, 2.24) is 15.2 Å². The van der Waals surface area contributed by atoms with Crippen molar-refractivity contribution in [2.24, 2.45) is 5.41 Å². The van der Waals surface area contributed by atoms with Crippen molar-refractivity contribution < 1.29 is 4.79 Å². The Morgan fingerprint density at radius 3 is 2.95 bits per heavy atom. The summed E-state index contributed by atoms with van der Waals surface area (Å²) in [6, 6.07) is -0.0692. The van der Waals surface area contributed by atoms with E-state index in [-0.39, 0.29) is 17.4 Å². The second-order valence-corrected chi connectivity index (χ2v) is 7.34. The maximum Gasteiger partial charge on any atom is 0.240 e. The molecular weight excluding hydrogens is 258 g/mol. The molecule has 1 aliphatic rings. The first-order valence-electron chi connectivity index (χ1n) is 6.80. The van der Waals surface area contributed by atoms with Crippen LogP contribution in [0.1, 0.15) is 36.6 Å². The minimum atomic E-state index is -0.0692. The minimum absolute atomic E-state index is 0.0349. The van der Waals surface area contributed by atoms with Crippen molar-refractivity contribution in [3.63, 3.8) is 0 Å². The van der Waals surface area contributed by atoms with E-state index in [0.29, 0.717) is 6.54 Å². The summed E-state index contributed by atoms with van der Waals surface area (Å²) in [5, 5.41) is 4.43. The highest BCUT2D eigenvalue weighted by atomic mass is 32.1. The lowest BCUT2D eigenvalue weighted by molar-refractivity contribution is -0.136. The highest BCUT2D eigenvalue weighted by Crippen LogP contribution is 2.31. The Balaban J connectivity index is 2.02. The molecule has 0 bridgehead atoms. The fourth-order valence-electron chi connectivity index (χ4n) is 2.64. The maximum absolute atomic E-state index is 12.6. The summed E-state index contributed by atoms with van der Waals surface area (Å²) in [6.07, 6.45) is 4.11. The van der Waals surface area contributed by atoms with Crippen LogP contribution < -0.4 is 5.32 Å². The summed E-state index contributed by atoms with van der Waals surface area (Å²) in [7, 11) is 1.88. The van der Waals surface area contributed by atoms with Gasteiger partial charge in [-0.15, -0.1) is 11.3 Å². The largest absolute Gasteiger partial charge is 0.339 e. The zero-order chi connectivity index (χ0) is 14.0. The number of rotatable bonds is 3. The number of aryl methyl sites for hydroxylation is 1. The summed E-state index contributed by atoms with van der Waals surface area (Å²) in [4.78, 5) is 19.8. The molecule has 0 aromatic carbocycles. The van der Waals surface area contributed by atoms with Gasteiger partial charge in [0.2, 0.25) is 5.91 Å². The molecule has 19 heavy (non-hydrogen) atoms. The number of piperidine rings is 1. The molecule has 0 aliphatic carbocycles. The molecule has 1 saturated heterocycles. The van der Waals surface area contributed by atoms with E-state index in [1.807, 2.05) is 25.1 Å². The minimum Gasteiger partial charge on any atom is -0.339 e. The lowest BCUT2D eigenvalue weighted by atomic mass is 9.77. The van der Waals surface area contributed by atoms with Gasteiger partial charge >= 0.3 is 0 Å². The fourth-order valence-corrected chi connectivity index (χ4v) is 3.49. The van der Waals surface area contributed by atoms with Crippen LogP contribution in [0.5, 0.6) is 0 Å². The van der Waals surface area contributed by atoms with E-state index < -0.39 is 0 Å². The zero-order valence-corrected chi connectivity index (χ0v) is 13.0. The first kappa shape index (κ1) is 14.5. The van der Waals surface area contributed by atoms with E-state index in [1.54, 1.807) is 11.3 Å². The third kappa shape index (κ3) is 3.34. The van der Waals surface area contributed by atoms with Crippen LogP contribution in [0.4, 0.5) is 0 Å². The Labute approximate surface area is 119 Å². The lowest BCUT2D eigenvalue weighted by Crippen LogP contribution is -2.55. The van der Waals surface area contributed by atoms with Crippen LogP contribution in [0.15, 0.2) is 6.20 Å². The highest BCUT2D eigenvalue weighted by Gasteiger charge is 2.38. The normalized spacial score (nSPS) is 22.2. The molecule has 2 heterocycles. The molecule has 1 aromatic heterocycles. The Bertz CT molecular complexity index is 455. The fraction of sp³-hybridized carbons (Fsp3) is 0.714. The number of nitrogens with zero attached hydrogens (tertiary/aromatic N) is 2. The average Bonchev–Trinajstić information content (AvgIpc) is 2.73. The van der Waals surface area contributed by atoms with Crippen LogP contribution in [-0.2, 0) is 11.3 Å². The van der Waals surface area contributed by atoms with Crippen molar-refractivity contribution >= 4 is 17.2 Å². The van der Waals surface area contributed by atoms with Gasteiger partial charge in [-0.1, -0.05) is 13.8 Å². The zero-order valence-electron chi connectivity index (χ0n) is 12.2. The number of amides is 1. The number of hydrogen-bond donors (Lipinski definition) is 1. The van der Waals surface area contributed by atoms with Crippen molar-refractivity contribution in [2.45, 2.75) is 46.2 Å². The topological polar surface area (TPSA) is 45.2 Å². The van der Waals surface area contributed by atoms with Gasteiger partial charge in [-0.3, -0.25) is 4.79 Å². The van der Waals surface area contributed by atoms with E-state index in [2.05, 4.69) is 24.1 Å². The molecule has 1 aromatic rings. The molecular formula is C14H23N3OS. The van der Waals surface area contributed by atoms with Gasteiger partial charge in [0.05, 0.1) is 17.6 Å². The molecule has 5 heteroatoms. The highest BCUT2D eigenvalue weighted by molar-refractivity contribution is 7.11. The van der Waals surface area contributed by atoms with Crippen molar-refractivity contribution in [3.8, 4) is 0 Å². The molecule has 1 amide bonds. The molecule has 0 radical (unpaired) electrons. The SMILES string of the molecule is Cc1ncc(CN(C)C(=O)C2NCCCC2(C)C)s1. The van der Waals surface area contributed by atoms with Gasteiger partial charge in [-0.2, -0.15) is 0 Å². The number of thiazole rings is 1. The number of nitrogens with one attached hydrogen (secondary N) is 1. The summed E-state index contributed by atoms with van der Waals surface area (Å²) < 4.78 is 0. The van der Waals surface area contributed by atoms with Gasteiger partial charge in [0, 0.05) is 18.1 Å². The monoisotopic (exact) mass is 281 g/mol. The first-order chi connectivity index (χ1) is 8.90. The van der Waals surface area contributed by atoms with E-state index >= 15 is 0 Å². The van der Waals surface area contributed by atoms with Crippen molar-refractivity contribution in [1.29, 1.82) is 0 Å². The Morgan fingerprint density at radius 1 is 1.63 bits per heavy atom. The molecule has 2 rings (SSSR count).